The van der Waals surface area contributed by atoms with Crippen molar-refractivity contribution in [1.29, 1.82) is 0 Å². The zero-order chi connectivity index (χ0) is 8.23. The van der Waals surface area contributed by atoms with Crippen molar-refractivity contribution in [2.45, 2.75) is 6.42 Å². The van der Waals surface area contributed by atoms with Crippen LogP contribution in [-0.2, 0) is 6.42 Å². The minimum absolute atomic E-state index is 0.621. The van der Waals surface area contributed by atoms with E-state index < -0.39 is 0 Å². The molecule has 1 heterocycles. The number of rotatable bonds is 2. The van der Waals surface area contributed by atoms with Crippen LogP contribution in [0.5, 0.6) is 0 Å². The predicted octanol–water partition coefficient (Wildman–Crippen LogP) is 2.33. The van der Waals surface area contributed by atoms with E-state index in [9.17, 15) is 0 Å². The molecule has 0 fully saturated rings. The van der Waals surface area contributed by atoms with E-state index in [4.69, 9.17) is 0 Å². The molecule has 0 nitrogen and oxygen atoms in total. The molecule has 2 aromatic rings. The second-order valence-electron chi connectivity index (χ2n) is 2.74. The Balaban J connectivity index is 2.15. The summed E-state index contributed by atoms with van der Waals surface area (Å²) in [5, 5.41) is 0. The normalized spacial score (nSPS) is 10.0. The van der Waals surface area contributed by atoms with Crippen molar-refractivity contribution in [3.8, 4) is 0 Å². The van der Waals surface area contributed by atoms with E-state index >= 15 is 0 Å². The van der Waals surface area contributed by atoms with Crippen molar-refractivity contribution < 1.29 is 0 Å². The summed E-state index contributed by atoms with van der Waals surface area (Å²) in [6.07, 6.45) is 1.13. The van der Waals surface area contributed by atoms with E-state index in [1.54, 1.807) is 4.44 Å². The molecule has 0 N–H and O–H groups in total. The van der Waals surface area contributed by atoms with Crippen LogP contribution in [0.25, 0.3) is 0 Å². The molecule has 1 heteroatoms. The molecule has 0 saturated carbocycles. The Bertz CT molecular complexity index is 321. The summed E-state index contributed by atoms with van der Waals surface area (Å²) in [5.74, 6) is 0. The molecule has 0 atom stereocenters. The van der Waals surface area contributed by atoms with Gasteiger partial charge in [0.2, 0.25) is 0 Å². The van der Waals surface area contributed by atoms with Gasteiger partial charge in [-0.25, -0.2) is 0 Å². The van der Waals surface area contributed by atoms with Crippen molar-refractivity contribution in [3.63, 3.8) is 0 Å². The Kier molecular flexibility index (Phi) is 2.45. The van der Waals surface area contributed by atoms with Crippen molar-refractivity contribution >= 4 is 14.5 Å². The van der Waals surface area contributed by atoms with Gasteiger partial charge in [-0.15, -0.1) is 0 Å². The summed E-state index contributed by atoms with van der Waals surface area (Å²) < 4.78 is 1.58. The average molecular weight is 221 g/mol. The van der Waals surface area contributed by atoms with Crippen LogP contribution in [0.15, 0.2) is 47.4 Å². The van der Waals surface area contributed by atoms with Crippen LogP contribution in [0, 0.1) is 0 Å². The number of hydrogen-bond acceptors (Lipinski definition) is 0. The summed E-state index contributed by atoms with van der Waals surface area (Å²) in [6, 6.07) is 15.1. The van der Waals surface area contributed by atoms with Crippen LogP contribution in [0.1, 0.15) is 10.0 Å². The Morgan fingerprint density at radius 1 is 0.917 bits per heavy atom. The fraction of sp³-hybridized carbons (Fsp3) is 0.0909. The molecule has 60 valence electrons. The monoisotopic (exact) mass is 222 g/mol. The molecule has 0 aliphatic rings. The van der Waals surface area contributed by atoms with Gasteiger partial charge < -0.3 is 0 Å². The third-order valence-corrected chi connectivity index (χ3v) is 3.64. The molecule has 12 heavy (non-hydrogen) atoms. The maximum absolute atomic E-state index is 2.27. The van der Waals surface area contributed by atoms with Crippen molar-refractivity contribution in [2.75, 3.05) is 0 Å². The summed E-state index contributed by atoms with van der Waals surface area (Å²) in [7, 11) is 0. The van der Waals surface area contributed by atoms with E-state index in [-0.39, 0.29) is 0 Å². The number of benzene rings is 1. The zero-order valence-corrected chi connectivity index (χ0v) is 8.45. The van der Waals surface area contributed by atoms with Gasteiger partial charge in [-0.05, 0) is 0 Å². The molecular formula is C11H10Se. The first-order valence-corrected chi connectivity index (χ1v) is 5.86. The first-order valence-electron chi connectivity index (χ1n) is 4.01. The van der Waals surface area contributed by atoms with Gasteiger partial charge in [-0.2, -0.15) is 0 Å². The summed E-state index contributed by atoms with van der Waals surface area (Å²) in [6.45, 7) is 0. The molecule has 1 aromatic heterocycles. The minimum atomic E-state index is 0.621. The Hall–Kier alpha value is -0.781. The van der Waals surface area contributed by atoms with Crippen LogP contribution in [0.2, 0.25) is 0 Å². The van der Waals surface area contributed by atoms with Crippen LogP contribution in [0.4, 0.5) is 0 Å². The molecular weight excluding hydrogens is 211 g/mol. The Labute approximate surface area is 78.6 Å². The van der Waals surface area contributed by atoms with E-state index in [0.29, 0.717) is 14.5 Å². The number of hydrogen-bond donors (Lipinski definition) is 0. The van der Waals surface area contributed by atoms with E-state index in [1.807, 2.05) is 0 Å². The second kappa shape index (κ2) is 3.75. The fourth-order valence-corrected chi connectivity index (χ4v) is 2.76. The molecule has 0 amide bonds. The topological polar surface area (TPSA) is 0 Å². The average Bonchev–Trinajstić information content (AvgIpc) is 2.59. The molecule has 2 rings (SSSR count). The van der Waals surface area contributed by atoms with Gasteiger partial charge in [-0.3, -0.25) is 0 Å². The zero-order valence-electron chi connectivity index (χ0n) is 6.73. The van der Waals surface area contributed by atoms with Gasteiger partial charge in [0.1, 0.15) is 0 Å². The van der Waals surface area contributed by atoms with E-state index in [2.05, 4.69) is 47.4 Å². The molecule has 0 aliphatic carbocycles. The molecule has 0 radical (unpaired) electrons. The first kappa shape index (κ1) is 7.85. The molecule has 1 aromatic carbocycles. The third-order valence-electron chi connectivity index (χ3n) is 1.80. The Morgan fingerprint density at radius 3 is 2.42 bits per heavy atom. The standard InChI is InChI=1S/C11H10Se/c1-2-5-10(6-3-1)9-11-7-4-8-12-11/h1-8H,9H2. The predicted molar refractivity (Wildman–Crippen MR) is 52.6 cm³/mol. The molecule has 0 saturated heterocycles. The van der Waals surface area contributed by atoms with Crippen molar-refractivity contribution in [3.05, 3.63) is 57.4 Å². The van der Waals surface area contributed by atoms with Crippen molar-refractivity contribution in [1.82, 2.24) is 0 Å². The summed E-state index contributed by atoms with van der Waals surface area (Å²) in [5.41, 5.74) is 1.43. The summed E-state index contributed by atoms with van der Waals surface area (Å²) in [4.78, 5) is 2.27. The second-order valence-corrected chi connectivity index (χ2v) is 4.91. The quantitative estimate of drug-likeness (QED) is 0.683. The maximum atomic E-state index is 2.27. The van der Waals surface area contributed by atoms with Gasteiger partial charge in [0.05, 0.1) is 0 Å². The van der Waals surface area contributed by atoms with Crippen LogP contribution < -0.4 is 0 Å². The SMILES string of the molecule is c1ccc(Cc2ccc[se]2)cc1. The van der Waals surface area contributed by atoms with Gasteiger partial charge in [0.15, 0.2) is 0 Å². The fourth-order valence-electron chi connectivity index (χ4n) is 1.21. The molecule has 0 spiro atoms. The van der Waals surface area contributed by atoms with Gasteiger partial charge in [-0.1, -0.05) is 0 Å². The van der Waals surface area contributed by atoms with Gasteiger partial charge in [0, 0.05) is 0 Å². The van der Waals surface area contributed by atoms with Crippen LogP contribution >= 0.6 is 0 Å². The van der Waals surface area contributed by atoms with E-state index in [1.165, 1.54) is 5.56 Å². The van der Waals surface area contributed by atoms with Gasteiger partial charge in [0.25, 0.3) is 0 Å². The molecule has 0 aliphatic heterocycles. The molecule has 0 unspecified atom stereocenters. The van der Waals surface area contributed by atoms with Crippen LogP contribution in [0.3, 0.4) is 0 Å². The van der Waals surface area contributed by atoms with E-state index in [0.717, 1.165) is 6.42 Å². The summed E-state index contributed by atoms with van der Waals surface area (Å²) >= 11 is 0.621. The first-order chi connectivity index (χ1) is 5.95. The third kappa shape index (κ3) is 1.88. The van der Waals surface area contributed by atoms with Gasteiger partial charge >= 0.3 is 78.3 Å². The Morgan fingerprint density at radius 2 is 1.75 bits per heavy atom. The molecule has 0 bridgehead atoms. The van der Waals surface area contributed by atoms with Crippen molar-refractivity contribution in [2.24, 2.45) is 0 Å². The van der Waals surface area contributed by atoms with Crippen LogP contribution in [-0.4, -0.2) is 14.5 Å².